The minimum Gasteiger partial charge on any atom is -0.481 e. The average Bonchev–Trinajstić information content (AvgIpc) is 3.03. The van der Waals surface area contributed by atoms with Crippen LogP contribution in [-0.2, 0) is 4.79 Å². The van der Waals surface area contributed by atoms with Gasteiger partial charge in [-0.3, -0.25) is 9.59 Å². The summed E-state index contributed by atoms with van der Waals surface area (Å²) in [5.41, 5.74) is 0.258. The Labute approximate surface area is 114 Å². The maximum absolute atomic E-state index is 12.1. The largest absolute Gasteiger partial charge is 0.481 e. The lowest BCUT2D eigenvalue weighted by Gasteiger charge is -2.28. The number of amides is 1. The summed E-state index contributed by atoms with van der Waals surface area (Å²) in [7, 11) is 0. The number of nitrogens with one attached hydrogen (secondary N) is 1. The second-order valence-electron chi connectivity index (χ2n) is 5.30. The third kappa shape index (κ3) is 2.02. The Bertz CT molecular complexity index is 526. The lowest BCUT2D eigenvalue weighted by Crippen LogP contribution is -2.46. The molecule has 4 atom stereocenters. The monoisotopic (exact) mass is 283 g/mol. The van der Waals surface area contributed by atoms with Gasteiger partial charge in [0.25, 0.3) is 5.91 Å². The zero-order valence-corrected chi connectivity index (χ0v) is 10.9. The van der Waals surface area contributed by atoms with E-state index in [1.165, 1.54) is 12.3 Å². The van der Waals surface area contributed by atoms with Crippen molar-refractivity contribution in [2.75, 3.05) is 0 Å². The zero-order chi connectivity index (χ0) is 13.6. The molecule has 0 aromatic carbocycles. The molecule has 0 spiro atoms. The van der Waals surface area contributed by atoms with Crippen molar-refractivity contribution in [3.63, 3.8) is 0 Å². The van der Waals surface area contributed by atoms with E-state index in [2.05, 4.69) is 5.32 Å². The van der Waals surface area contributed by atoms with Crippen LogP contribution >= 0.6 is 11.6 Å². The fraction of sp³-hybridized carbons (Fsp3) is 0.538. The minimum atomic E-state index is -0.823. The Balaban J connectivity index is 1.77. The fourth-order valence-electron chi connectivity index (χ4n) is 3.54. The van der Waals surface area contributed by atoms with E-state index in [1.54, 1.807) is 0 Å². The first-order valence-electron chi connectivity index (χ1n) is 6.34. The zero-order valence-electron chi connectivity index (χ0n) is 10.1. The first kappa shape index (κ1) is 12.5. The molecule has 3 rings (SSSR count). The van der Waals surface area contributed by atoms with E-state index in [0.717, 1.165) is 19.3 Å². The second kappa shape index (κ2) is 4.56. The molecule has 1 aromatic rings. The van der Waals surface area contributed by atoms with Gasteiger partial charge in [0, 0.05) is 6.04 Å². The topological polar surface area (TPSA) is 79.5 Å². The van der Waals surface area contributed by atoms with Crippen LogP contribution in [0.2, 0.25) is 5.22 Å². The maximum atomic E-state index is 12.1. The van der Waals surface area contributed by atoms with Gasteiger partial charge >= 0.3 is 5.97 Å². The van der Waals surface area contributed by atoms with Gasteiger partial charge in [-0.2, -0.15) is 0 Å². The van der Waals surface area contributed by atoms with Crippen LogP contribution < -0.4 is 5.32 Å². The molecule has 0 aliphatic heterocycles. The summed E-state index contributed by atoms with van der Waals surface area (Å²) < 4.78 is 4.87. The van der Waals surface area contributed by atoms with Gasteiger partial charge in [0.1, 0.15) is 0 Å². The van der Waals surface area contributed by atoms with Crippen molar-refractivity contribution >= 4 is 23.5 Å². The molecule has 4 unspecified atom stereocenters. The van der Waals surface area contributed by atoms with Crippen LogP contribution in [0.3, 0.4) is 0 Å². The highest BCUT2D eigenvalue weighted by atomic mass is 35.5. The number of halogens is 1. The second-order valence-corrected chi connectivity index (χ2v) is 5.65. The lowest BCUT2D eigenvalue weighted by molar-refractivity contribution is -0.144. The van der Waals surface area contributed by atoms with Crippen LogP contribution in [0.1, 0.15) is 29.6 Å². The number of aliphatic carboxylic acids is 1. The van der Waals surface area contributed by atoms with Crippen LogP contribution in [0.25, 0.3) is 0 Å². The summed E-state index contributed by atoms with van der Waals surface area (Å²) in [5, 5.41) is 12.2. The minimum absolute atomic E-state index is 0.0348. The summed E-state index contributed by atoms with van der Waals surface area (Å²) in [6, 6.07) is 1.19. The van der Waals surface area contributed by atoms with Crippen molar-refractivity contribution in [3.05, 3.63) is 23.1 Å². The predicted octanol–water partition coefficient (Wildman–Crippen LogP) is 2.16. The third-order valence-corrected chi connectivity index (χ3v) is 4.65. The highest BCUT2D eigenvalue weighted by Gasteiger charge is 2.51. The van der Waals surface area contributed by atoms with Crippen molar-refractivity contribution in [2.24, 2.45) is 17.8 Å². The smallest absolute Gasteiger partial charge is 0.308 e. The van der Waals surface area contributed by atoms with Crippen LogP contribution in [0.15, 0.2) is 16.7 Å². The maximum Gasteiger partial charge on any atom is 0.308 e. The Hall–Kier alpha value is -1.49. The number of rotatable bonds is 3. The van der Waals surface area contributed by atoms with Gasteiger partial charge in [-0.1, -0.05) is 0 Å². The molecule has 1 aromatic heterocycles. The van der Waals surface area contributed by atoms with Gasteiger partial charge in [0.15, 0.2) is 0 Å². The van der Waals surface area contributed by atoms with Gasteiger partial charge in [-0.25, -0.2) is 0 Å². The quantitative estimate of drug-likeness (QED) is 0.891. The van der Waals surface area contributed by atoms with Crippen LogP contribution in [-0.4, -0.2) is 23.0 Å². The Kier molecular flexibility index (Phi) is 3.01. The number of carbonyl (C=O) groups is 2. The number of carboxylic acids is 1. The number of carboxylic acid groups (broad SMARTS) is 1. The first-order chi connectivity index (χ1) is 9.08. The molecule has 2 fully saturated rings. The lowest BCUT2D eigenvalue weighted by atomic mass is 9.84. The SMILES string of the molecule is O=C(NC1C2CCC(C2)C1C(=O)O)c1ccoc1Cl. The summed E-state index contributed by atoms with van der Waals surface area (Å²) >= 11 is 5.75. The van der Waals surface area contributed by atoms with Crippen molar-refractivity contribution in [3.8, 4) is 0 Å². The molecule has 5 nitrogen and oxygen atoms in total. The molecule has 2 aliphatic carbocycles. The van der Waals surface area contributed by atoms with Gasteiger partial charge in [-0.05, 0) is 48.8 Å². The fourth-order valence-corrected chi connectivity index (χ4v) is 3.74. The molecular weight excluding hydrogens is 270 g/mol. The normalized spacial score (nSPS) is 32.5. The van der Waals surface area contributed by atoms with E-state index in [4.69, 9.17) is 16.0 Å². The van der Waals surface area contributed by atoms with Crippen LogP contribution in [0.5, 0.6) is 0 Å². The summed E-state index contributed by atoms with van der Waals surface area (Å²) in [6.45, 7) is 0. The molecular formula is C13H14ClNO4. The van der Waals surface area contributed by atoms with E-state index < -0.39 is 11.9 Å². The van der Waals surface area contributed by atoms with Crippen LogP contribution in [0.4, 0.5) is 0 Å². The van der Waals surface area contributed by atoms with Crippen molar-refractivity contribution in [1.82, 2.24) is 5.32 Å². The molecule has 6 heteroatoms. The molecule has 2 bridgehead atoms. The highest BCUT2D eigenvalue weighted by Crippen LogP contribution is 2.48. The highest BCUT2D eigenvalue weighted by molar-refractivity contribution is 6.32. The summed E-state index contributed by atoms with van der Waals surface area (Å²) in [5.74, 6) is -1.21. The molecule has 0 saturated heterocycles. The van der Waals surface area contributed by atoms with Gasteiger partial charge in [0.05, 0.1) is 17.7 Å². The van der Waals surface area contributed by atoms with Gasteiger partial charge < -0.3 is 14.8 Å². The van der Waals surface area contributed by atoms with E-state index in [9.17, 15) is 14.7 Å². The average molecular weight is 284 g/mol. The van der Waals surface area contributed by atoms with Crippen LogP contribution in [0, 0.1) is 17.8 Å². The molecule has 1 amide bonds. The van der Waals surface area contributed by atoms with Gasteiger partial charge in [0.2, 0.25) is 5.22 Å². The van der Waals surface area contributed by atoms with E-state index >= 15 is 0 Å². The molecule has 2 saturated carbocycles. The molecule has 2 aliphatic rings. The number of fused-ring (bicyclic) bond motifs is 2. The van der Waals surface area contributed by atoms with Crippen molar-refractivity contribution < 1.29 is 19.1 Å². The van der Waals surface area contributed by atoms with Crippen molar-refractivity contribution in [1.29, 1.82) is 0 Å². The molecule has 1 heterocycles. The Morgan fingerprint density at radius 3 is 2.74 bits per heavy atom. The Morgan fingerprint density at radius 2 is 2.11 bits per heavy atom. The number of carbonyl (C=O) groups excluding carboxylic acids is 1. The number of hydrogen-bond acceptors (Lipinski definition) is 3. The molecule has 0 radical (unpaired) electrons. The number of furan rings is 1. The standard InChI is InChI=1S/C13H14ClNO4/c14-11-8(3-4-19-11)12(16)15-10-7-2-1-6(5-7)9(10)13(17)18/h3-4,6-7,9-10H,1-2,5H2,(H,15,16)(H,17,18). The summed E-state index contributed by atoms with van der Waals surface area (Å²) in [4.78, 5) is 23.4. The molecule has 102 valence electrons. The molecule has 19 heavy (non-hydrogen) atoms. The van der Waals surface area contributed by atoms with E-state index in [0.29, 0.717) is 0 Å². The van der Waals surface area contributed by atoms with Crippen molar-refractivity contribution in [2.45, 2.75) is 25.3 Å². The predicted molar refractivity (Wildman–Crippen MR) is 66.9 cm³/mol. The third-order valence-electron chi connectivity index (χ3n) is 4.36. The van der Waals surface area contributed by atoms with E-state index in [-0.39, 0.29) is 34.6 Å². The van der Waals surface area contributed by atoms with Gasteiger partial charge in [-0.15, -0.1) is 0 Å². The Morgan fingerprint density at radius 1 is 1.37 bits per heavy atom. The molecule has 2 N–H and O–H groups in total. The number of hydrogen-bond donors (Lipinski definition) is 2. The summed E-state index contributed by atoms with van der Waals surface area (Å²) in [6.07, 6.45) is 4.16. The first-order valence-corrected chi connectivity index (χ1v) is 6.72. The van der Waals surface area contributed by atoms with E-state index in [1.807, 2.05) is 0 Å².